The van der Waals surface area contributed by atoms with Gasteiger partial charge in [0.15, 0.2) is 11.6 Å². The molecule has 4 amide bonds. The van der Waals surface area contributed by atoms with Gasteiger partial charge in [-0.3, -0.25) is 29.4 Å². The first-order valence-electron chi connectivity index (χ1n) is 18.8. The van der Waals surface area contributed by atoms with Gasteiger partial charge < -0.3 is 19.7 Å². The van der Waals surface area contributed by atoms with Crippen molar-refractivity contribution in [3.05, 3.63) is 89.0 Å². The number of aromatic nitrogens is 5. The lowest BCUT2D eigenvalue weighted by Gasteiger charge is -2.34. The van der Waals surface area contributed by atoms with Gasteiger partial charge in [-0.05, 0) is 68.7 Å². The lowest BCUT2D eigenvalue weighted by molar-refractivity contribution is -0.137. The van der Waals surface area contributed by atoms with E-state index in [4.69, 9.17) is 0 Å². The van der Waals surface area contributed by atoms with Gasteiger partial charge >= 0.3 is 0 Å². The van der Waals surface area contributed by atoms with Crippen LogP contribution in [0.15, 0.2) is 59.8 Å². The SMILES string of the molecule is Cc1nc2c(F)cc(-c3nc(Nc4ccc(CN5CCN(C(=O)CSc6cccc7c6CN(C6CCC(=O)NC6=O)C7=O)CC5)cn4)ncc3F)cc2n1C(C)C. The molecular weight excluding hydrogens is 755 g/mol. The number of rotatable bonds is 10. The van der Waals surface area contributed by atoms with Gasteiger partial charge in [0.2, 0.25) is 23.7 Å². The lowest BCUT2D eigenvalue weighted by Crippen LogP contribution is -2.52. The number of hydrogen-bond donors (Lipinski definition) is 2. The molecule has 2 fully saturated rings. The summed E-state index contributed by atoms with van der Waals surface area (Å²) in [6.45, 7) is 9.16. The average molecular weight is 795 g/mol. The summed E-state index contributed by atoms with van der Waals surface area (Å²) in [7, 11) is 0. The van der Waals surface area contributed by atoms with Crippen LogP contribution in [0.2, 0.25) is 0 Å². The zero-order valence-electron chi connectivity index (χ0n) is 31.6. The molecular formula is C40H40F2N10O4S. The number of aryl methyl sites for hydroxylation is 1. The van der Waals surface area contributed by atoms with Crippen LogP contribution in [0.3, 0.4) is 0 Å². The molecule has 1 unspecified atom stereocenters. The van der Waals surface area contributed by atoms with Crippen LogP contribution in [0.4, 0.5) is 20.5 Å². The first-order chi connectivity index (χ1) is 27.4. The third-order valence-corrected chi connectivity index (χ3v) is 11.6. The number of imide groups is 1. The van der Waals surface area contributed by atoms with Crippen LogP contribution in [0.5, 0.6) is 0 Å². The van der Waals surface area contributed by atoms with Crippen molar-refractivity contribution in [3.8, 4) is 11.3 Å². The van der Waals surface area contributed by atoms with Crippen LogP contribution in [-0.2, 0) is 27.5 Å². The second kappa shape index (κ2) is 15.6. The molecule has 0 radical (unpaired) electrons. The van der Waals surface area contributed by atoms with Crippen molar-refractivity contribution in [1.29, 1.82) is 0 Å². The van der Waals surface area contributed by atoms with E-state index in [1.807, 2.05) is 42.4 Å². The monoisotopic (exact) mass is 794 g/mol. The third kappa shape index (κ3) is 7.68. The number of amides is 4. The van der Waals surface area contributed by atoms with Crippen LogP contribution in [0, 0.1) is 18.6 Å². The Labute approximate surface area is 331 Å². The van der Waals surface area contributed by atoms with E-state index in [0.717, 1.165) is 22.2 Å². The number of imidazole rings is 1. The van der Waals surface area contributed by atoms with Gasteiger partial charge in [-0.2, -0.15) is 0 Å². The Balaban J connectivity index is 0.838. The molecule has 3 aromatic heterocycles. The Kier molecular flexibility index (Phi) is 10.4. The molecule has 0 saturated carbocycles. The highest BCUT2D eigenvalue weighted by molar-refractivity contribution is 8.00. The zero-order chi connectivity index (χ0) is 40.0. The number of nitrogens with zero attached hydrogens (tertiary/aromatic N) is 8. The number of carbonyl (C=O) groups is 4. The quantitative estimate of drug-likeness (QED) is 0.145. The van der Waals surface area contributed by atoms with Gasteiger partial charge in [0, 0.05) is 74.0 Å². The number of piperazine rings is 1. The Bertz CT molecular complexity index is 2420. The van der Waals surface area contributed by atoms with E-state index < -0.39 is 23.6 Å². The molecule has 0 aliphatic carbocycles. The molecule has 6 heterocycles. The first-order valence-corrected chi connectivity index (χ1v) is 19.7. The summed E-state index contributed by atoms with van der Waals surface area (Å²) in [5, 5.41) is 5.35. The Morgan fingerprint density at radius 1 is 1.00 bits per heavy atom. The lowest BCUT2D eigenvalue weighted by atomic mass is 10.0. The zero-order valence-corrected chi connectivity index (χ0v) is 32.4. The summed E-state index contributed by atoms with van der Waals surface area (Å²) >= 11 is 1.39. The highest BCUT2D eigenvalue weighted by Crippen LogP contribution is 2.35. The average Bonchev–Trinajstić information content (AvgIpc) is 3.72. The third-order valence-electron chi connectivity index (χ3n) is 10.5. The molecule has 8 rings (SSSR count). The maximum atomic E-state index is 15.1. The van der Waals surface area contributed by atoms with Crippen LogP contribution >= 0.6 is 11.8 Å². The normalized spacial score (nSPS) is 17.4. The molecule has 5 aromatic rings. The number of anilines is 2. The molecule has 1 atom stereocenters. The van der Waals surface area contributed by atoms with Crippen molar-refractivity contribution >= 4 is 58.2 Å². The number of benzene rings is 2. The van der Waals surface area contributed by atoms with Gasteiger partial charge in [-0.1, -0.05) is 12.1 Å². The maximum Gasteiger partial charge on any atom is 0.255 e. The number of hydrogen-bond acceptors (Lipinski definition) is 11. The summed E-state index contributed by atoms with van der Waals surface area (Å²) in [6.07, 6.45) is 3.27. The summed E-state index contributed by atoms with van der Waals surface area (Å²) < 4.78 is 32.0. The summed E-state index contributed by atoms with van der Waals surface area (Å²) in [5.41, 5.74) is 3.30. The molecule has 0 bridgehead atoms. The number of fused-ring (bicyclic) bond motifs is 2. The van der Waals surface area contributed by atoms with Gasteiger partial charge in [-0.15, -0.1) is 11.8 Å². The topological polar surface area (TPSA) is 159 Å². The van der Waals surface area contributed by atoms with E-state index in [1.54, 1.807) is 30.5 Å². The van der Waals surface area contributed by atoms with Crippen molar-refractivity contribution in [2.75, 3.05) is 37.2 Å². The van der Waals surface area contributed by atoms with Crippen LogP contribution in [0.25, 0.3) is 22.3 Å². The second-order valence-electron chi connectivity index (χ2n) is 14.6. The van der Waals surface area contributed by atoms with E-state index in [2.05, 4.69) is 35.5 Å². The smallest absolute Gasteiger partial charge is 0.255 e. The molecule has 0 spiro atoms. The number of piperidine rings is 1. The summed E-state index contributed by atoms with van der Waals surface area (Å²) in [5.74, 6) is -0.817. The van der Waals surface area contributed by atoms with Crippen molar-refractivity contribution in [2.24, 2.45) is 0 Å². The highest BCUT2D eigenvalue weighted by atomic mass is 32.2. The second-order valence-corrected chi connectivity index (χ2v) is 15.7. The number of pyridine rings is 1. The molecule has 3 aliphatic heterocycles. The van der Waals surface area contributed by atoms with E-state index >= 15 is 8.78 Å². The molecule has 14 nitrogen and oxygen atoms in total. The van der Waals surface area contributed by atoms with Gasteiger partial charge in [0.05, 0.1) is 17.5 Å². The van der Waals surface area contributed by atoms with Crippen LogP contribution in [0.1, 0.15) is 60.0 Å². The molecule has 3 aliphatic rings. The van der Waals surface area contributed by atoms with Crippen molar-refractivity contribution in [1.82, 2.24) is 44.5 Å². The fraction of sp³-hybridized carbons (Fsp3) is 0.350. The predicted octanol–water partition coefficient (Wildman–Crippen LogP) is 5.00. The van der Waals surface area contributed by atoms with Gasteiger partial charge in [0.25, 0.3) is 5.91 Å². The Morgan fingerprint density at radius 3 is 2.54 bits per heavy atom. The standard InChI is InChI=1S/C40H40F2N10O4S/c1-22(2)52-23(3)45-37-28(41)15-25(16-31(37)52)36-29(42)18-44-40(48-36)46-33-9-7-24(17-43-33)19-49-11-13-50(14-12-49)35(54)21-57-32-6-4-5-26-27(32)20-51(39(26)56)30-8-10-34(53)47-38(30)55/h4-7,9,15-18,22,30H,8,10-14,19-21H2,1-3H3,(H,47,53,55)(H,43,44,46,48). The maximum absolute atomic E-state index is 15.1. The minimum atomic E-state index is -0.693. The predicted molar refractivity (Wildman–Crippen MR) is 208 cm³/mol. The molecule has 57 heavy (non-hydrogen) atoms. The number of carbonyl (C=O) groups excluding carboxylic acids is 4. The molecule has 2 saturated heterocycles. The minimum Gasteiger partial charge on any atom is -0.339 e. The summed E-state index contributed by atoms with van der Waals surface area (Å²) in [4.78, 5) is 74.3. The Hall–Kier alpha value is -5.81. The van der Waals surface area contributed by atoms with Gasteiger partial charge in [0.1, 0.15) is 28.9 Å². The Morgan fingerprint density at radius 2 is 1.81 bits per heavy atom. The number of nitrogens with one attached hydrogen (secondary N) is 2. The number of halogens is 2. The van der Waals surface area contributed by atoms with Crippen LogP contribution < -0.4 is 10.6 Å². The molecule has 17 heteroatoms. The van der Waals surface area contributed by atoms with Gasteiger partial charge in [-0.25, -0.2) is 28.7 Å². The van der Waals surface area contributed by atoms with Crippen molar-refractivity contribution < 1.29 is 28.0 Å². The largest absolute Gasteiger partial charge is 0.339 e. The molecule has 2 aromatic carbocycles. The van der Waals surface area contributed by atoms with Crippen LogP contribution in [-0.4, -0.2) is 101 Å². The fourth-order valence-electron chi connectivity index (χ4n) is 7.73. The minimum absolute atomic E-state index is 0.00909. The van der Waals surface area contributed by atoms with E-state index in [-0.39, 0.29) is 65.2 Å². The van der Waals surface area contributed by atoms with Crippen molar-refractivity contribution in [2.45, 2.75) is 63.7 Å². The first kappa shape index (κ1) is 38.1. The highest BCUT2D eigenvalue weighted by Gasteiger charge is 2.40. The van der Waals surface area contributed by atoms with E-state index in [9.17, 15) is 19.2 Å². The number of thioether (sulfide) groups is 1. The summed E-state index contributed by atoms with van der Waals surface area (Å²) in [6, 6.07) is 11.4. The molecule has 294 valence electrons. The molecule has 2 N–H and O–H groups in total. The van der Waals surface area contributed by atoms with E-state index in [0.29, 0.717) is 61.9 Å². The van der Waals surface area contributed by atoms with E-state index in [1.165, 1.54) is 22.7 Å². The fourth-order valence-corrected chi connectivity index (χ4v) is 8.72. The van der Waals surface area contributed by atoms with Crippen molar-refractivity contribution in [3.63, 3.8) is 0 Å².